The van der Waals surface area contributed by atoms with Crippen LogP contribution < -0.4 is 0 Å². The van der Waals surface area contributed by atoms with Gasteiger partial charge in [-0.25, -0.2) is 0 Å². The molecule has 0 spiro atoms. The second kappa shape index (κ2) is 4.57. The highest BCUT2D eigenvalue weighted by molar-refractivity contribution is 8.00. The number of thioether (sulfide) groups is 1. The van der Waals surface area contributed by atoms with E-state index in [2.05, 4.69) is 28.6 Å². The number of nitrogens with zero attached hydrogens (tertiary/aromatic N) is 3. The van der Waals surface area contributed by atoms with Crippen molar-refractivity contribution >= 4 is 17.7 Å². The van der Waals surface area contributed by atoms with E-state index >= 15 is 0 Å². The zero-order valence-corrected chi connectivity index (χ0v) is 11.4. The molecule has 1 saturated heterocycles. The summed E-state index contributed by atoms with van der Waals surface area (Å²) in [4.78, 5) is 11.5. The molecule has 0 N–H and O–H groups in total. The van der Waals surface area contributed by atoms with Crippen molar-refractivity contribution in [3.8, 4) is 0 Å². The van der Waals surface area contributed by atoms with E-state index in [-0.39, 0.29) is 11.2 Å². The van der Waals surface area contributed by atoms with E-state index in [4.69, 9.17) is 4.74 Å². The van der Waals surface area contributed by atoms with Gasteiger partial charge in [0.2, 0.25) is 0 Å². The first-order valence-corrected chi connectivity index (χ1v) is 7.33. The van der Waals surface area contributed by atoms with Crippen LogP contribution in [-0.4, -0.2) is 32.6 Å². The monoisotopic (exact) mass is 267 g/mol. The predicted molar refractivity (Wildman–Crippen MR) is 67.6 cm³/mol. The smallest absolute Gasteiger partial charge is 0.319 e. The fourth-order valence-corrected chi connectivity index (χ4v) is 3.23. The van der Waals surface area contributed by atoms with Crippen LogP contribution in [0.25, 0.3) is 0 Å². The molecule has 98 valence electrons. The maximum atomic E-state index is 11.5. The molecular weight excluding hydrogens is 250 g/mol. The van der Waals surface area contributed by atoms with E-state index in [0.29, 0.717) is 18.6 Å². The molecule has 6 heteroatoms. The van der Waals surface area contributed by atoms with Crippen molar-refractivity contribution in [2.45, 2.75) is 55.5 Å². The van der Waals surface area contributed by atoms with Crippen molar-refractivity contribution in [1.29, 1.82) is 0 Å². The lowest BCUT2D eigenvalue weighted by atomic mass is 10.2. The molecule has 0 unspecified atom stereocenters. The fraction of sp³-hybridized carbons (Fsp3) is 0.750. The first kappa shape index (κ1) is 12.0. The Bertz CT molecular complexity index is 468. The molecule has 1 saturated carbocycles. The maximum absolute atomic E-state index is 11.5. The van der Waals surface area contributed by atoms with Gasteiger partial charge in [0, 0.05) is 18.4 Å². The van der Waals surface area contributed by atoms with Crippen molar-refractivity contribution < 1.29 is 9.53 Å². The van der Waals surface area contributed by atoms with Crippen LogP contribution in [0.15, 0.2) is 5.16 Å². The molecule has 1 atom stereocenters. The van der Waals surface area contributed by atoms with Crippen molar-refractivity contribution in [3.63, 3.8) is 0 Å². The highest BCUT2D eigenvalue weighted by Crippen LogP contribution is 2.41. The Labute approximate surface area is 110 Å². The van der Waals surface area contributed by atoms with Gasteiger partial charge in [0.15, 0.2) is 5.16 Å². The number of cyclic esters (lactones) is 1. The molecule has 1 aliphatic carbocycles. The van der Waals surface area contributed by atoms with Gasteiger partial charge < -0.3 is 9.30 Å². The highest BCUT2D eigenvalue weighted by Gasteiger charge is 2.34. The molecule has 0 aromatic carbocycles. The van der Waals surface area contributed by atoms with Gasteiger partial charge in [0.25, 0.3) is 0 Å². The second-order valence-corrected chi connectivity index (χ2v) is 6.33. The molecule has 2 heterocycles. The minimum absolute atomic E-state index is 0.105. The molecule has 5 nitrogen and oxygen atoms in total. The summed E-state index contributed by atoms with van der Waals surface area (Å²) in [5.41, 5.74) is 0. The Hall–Kier alpha value is -1.04. The average Bonchev–Trinajstić information content (AvgIpc) is 2.96. The summed E-state index contributed by atoms with van der Waals surface area (Å²) >= 11 is 1.51. The lowest BCUT2D eigenvalue weighted by molar-refractivity contribution is -0.137. The molecule has 0 bridgehead atoms. The third kappa shape index (κ3) is 2.13. The SMILES string of the molecule is CC(C)c1nnc(S[C@H]2CCOC2=O)n1C1CC1. The highest BCUT2D eigenvalue weighted by atomic mass is 32.2. The summed E-state index contributed by atoms with van der Waals surface area (Å²) in [5.74, 6) is 1.28. The Kier molecular flexibility index (Phi) is 3.05. The number of carbonyl (C=O) groups is 1. The summed E-state index contributed by atoms with van der Waals surface area (Å²) in [6.45, 7) is 4.79. The van der Waals surface area contributed by atoms with Crippen LogP contribution in [0.4, 0.5) is 0 Å². The zero-order chi connectivity index (χ0) is 12.7. The number of hydrogen-bond acceptors (Lipinski definition) is 5. The van der Waals surface area contributed by atoms with Crippen LogP contribution in [0.5, 0.6) is 0 Å². The van der Waals surface area contributed by atoms with Crippen molar-refractivity contribution in [2.75, 3.05) is 6.61 Å². The molecular formula is C12H17N3O2S. The molecule has 2 fully saturated rings. The summed E-state index contributed by atoms with van der Waals surface area (Å²) in [6, 6.07) is 0.539. The first-order valence-electron chi connectivity index (χ1n) is 6.45. The van der Waals surface area contributed by atoms with Gasteiger partial charge in [-0.3, -0.25) is 4.79 Å². The van der Waals surface area contributed by atoms with Gasteiger partial charge in [0.1, 0.15) is 11.1 Å². The quantitative estimate of drug-likeness (QED) is 0.782. The Morgan fingerprint density at radius 3 is 2.67 bits per heavy atom. The van der Waals surface area contributed by atoms with Gasteiger partial charge in [0.05, 0.1) is 6.61 Å². The molecule has 2 aliphatic rings. The van der Waals surface area contributed by atoms with E-state index < -0.39 is 0 Å². The molecule has 0 amide bonds. The number of aromatic nitrogens is 3. The first-order chi connectivity index (χ1) is 8.66. The summed E-state index contributed by atoms with van der Waals surface area (Å²) in [6.07, 6.45) is 3.17. The van der Waals surface area contributed by atoms with E-state index in [0.717, 1.165) is 17.4 Å². The molecule has 18 heavy (non-hydrogen) atoms. The topological polar surface area (TPSA) is 57.0 Å². The Balaban J connectivity index is 1.85. The maximum Gasteiger partial charge on any atom is 0.319 e. The lowest BCUT2D eigenvalue weighted by Gasteiger charge is -2.11. The molecule has 3 rings (SSSR count). The second-order valence-electron chi connectivity index (χ2n) is 5.16. The average molecular weight is 267 g/mol. The third-order valence-electron chi connectivity index (χ3n) is 3.25. The van der Waals surface area contributed by atoms with E-state index in [1.807, 2.05) is 0 Å². The van der Waals surface area contributed by atoms with Crippen LogP contribution in [-0.2, 0) is 9.53 Å². The van der Waals surface area contributed by atoms with Gasteiger partial charge in [-0.15, -0.1) is 10.2 Å². The molecule has 1 aromatic rings. The van der Waals surface area contributed by atoms with Gasteiger partial charge in [-0.1, -0.05) is 25.6 Å². The Morgan fingerprint density at radius 1 is 1.33 bits per heavy atom. The fourth-order valence-electron chi connectivity index (χ4n) is 2.15. The van der Waals surface area contributed by atoms with Gasteiger partial charge >= 0.3 is 5.97 Å². The number of ether oxygens (including phenoxy) is 1. The number of hydrogen-bond donors (Lipinski definition) is 0. The normalized spacial score (nSPS) is 23.7. The van der Waals surface area contributed by atoms with E-state index in [1.165, 1.54) is 24.6 Å². The summed E-state index contributed by atoms with van der Waals surface area (Å²) < 4.78 is 7.21. The largest absolute Gasteiger partial charge is 0.465 e. The molecule has 0 radical (unpaired) electrons. The van der Waals surface area contributed by atoms with E-state index in [9.17, 15) is 4.79 Å². The van der Waals surface area contributed by atoms with Crippen molar-refractivity contribution in [3.05, 3.63) is 5.82 Å². The van der Waals surface area contributed by atoms with Crippen molar-refractivity contribution in [1.82, 2.24) is 14.8 Å². The number of esters is 1. The third-order valence-corrected chi connectivity index (χ3v) is 4.46. The minimum atomic E-state index is -0.114. The lowest BCUT2D eigenvalue weighted by Crippen LogP contribution is -2.12. The van der Waals surface area contributed by atoms with Crippen LogP contribution in [0, 0.1) is 0 Å². The van der Waals surface area contributed by atoms with Crippen LogP contribution in [0.1, 0.15) is 50.9 Å². The minimum Gasteiger partial charge on any atom is -0.465 e. The van der Waals surface area contributed by atoms with Crippen LogP contribution in [0.3, 0.4) is 0 Å². The summed E-state index contributed by atoms with van der Waals surface area (Å²) in [5, 5.41) is 9.32. The van der Waals surface area contributed by atoms with Crippen LogP contribution in [0.2, 0.25) is 0 Å². The standard InChI is InChI=1S/C12H17N3O2S/c1-7(2)10-13-14-12(15(10)8-3-4-8)18-9-5-6-17-11(9)16/h7-9H,3-6H2,1-2H3/t9-/m0/s1. The van der Waals surface area contributed by atoms with Gasteiger partial charge in [-0.05, 0) is 12.8 Å². The number of carbonyl (C=O) groups excluding carboxylic acids is 1. The van der Waals surface area contributed by atoms with Crippen molar-refractivity contribution in [2.24, 2.45) is 0 Å². The predicted octanol–water partition coefficient (Wildman–Crippen LogP) is 2.14. The number of rotatable bonds is 4. The molecule has 1 aromatic heterocycles. The van der Waals surface area contributed by atoms with Crippen LogP contribution >= 0.6 is 11.8 Å². The zero-order valence-electron chi connectivity index (χ0n) is 10.6. The Morgan fingerprint density at radius 2 is 2.11 bits per heavy atom. The van der Waals surface area contributed by atoms with Gasteiger partial charge in [-0.2, -0.15) is 0 Å². The molecule has 1 aliphatic heterocycles. The van der Waals surface area contributed by atoms with E-state index in [1.54, 1.807) is 0 Å². The summed E-state index contributed by atoms with van der Waals surface area (Å²) in [7, 11) is 0.